The number of carbonyl (C=O) groups excluding carboxylic acids is 1. The van der Waals surface area contributed by atoms with E-state index in [0.717, 1.165) is 6.42 Å². The van der Waals surface area contributed by atoms with Crippen LogP contribution in [-0.4, -0.2) is 34.9 Å². The van der Waals surface area contributed by atoms with Crippen molar-refractivity contribution in [3.05, 3.63) is 39.9 Å². The van der Waals surface area contributed by atoms with Crippen LogP contribution in [0.2, 0.25) is 0 Å². The Labute approximate surface area is 129 Å². The van der Waals surface area contributed by atoms with Crippen LogP contribution < -0.4 is 5.73 Å². The molecule has 1 fully saturated rings. The number of piperidine rings is 1. The van der Waals surface area contributed by atoms with Crippen LogP contribution in [0.1, 0.15) is 18.9 Å². The van der Waals surface area contributed by atoms with Crippen molar-refractivity contribution in [3.8, 4) is 0 Å². The standard InChI is InChI=1S/C14H19N3O3.ClH/c1-10-9-16(6-5-13(10)15)14(18)8-11-3-2-4-12(7-11)17(19)20;/h2-4,7,10,13H,5-6,8-9,15H2,1H3;1H. The van der Waals surface area contributed by atoms with Gasteiger partial charge >= 0.3 is 0 Å². The summed E-state index contributed by atoms with van der Waals surface area (Å²) in [6, 6.07) is 6.38. The third-order valence-corrected chi connectivity index (χ3v) is 3.80. The summed E-state index contributed by atoms with van der Waals surface area (Å²) in [6.07, 6.45) is 1.01. The molecule has 2 unspecified atom stereocenters. The van der Waals surface area contributed by atoms with E-state index in [4.69, 9.17) is 5.73 Å². The number of hydrogen-bond acceptors (Lipinski definition) is 4. The fourth-order valence-electron chi connectivity index (χ4n) is 2.46. The Bertz CT molecular complexity index is 524. The second-order valence-electron chi connectivity index (χ2n) is 5.37. The molecule has 0 aliphatic carbocycles. The highest BCUT2D eigenvalue weighted by atomic mass is 35.5. The molecule has 7 heteroatoms. The van der Waals surface area contributed by atoms with E-state index < -0.39 is 4.92 Å². The highest BCUT2D eigenvalue weighted by Crippen LogP contribution is 2.18. The number of nitrogens with two attached hydrogens (primary N) is 1. The molecule has 1 aliphatic rings. The summed E-state index contributed by atoms with van der Waals surface area (Å²) >= 11 is 0. The van der Waals surface area contributed by atoms with Gasteiger partial charge in [0, 0.05) is 31.3 Å². The van der Waals surface area contributed by atoms with Crippen LogP contribution in [0.5, 0.6) is 0 Å². The largest absolute Gasteiger partial charge is 0.342 e. The molecule has 2 rings (SSSR count). The van der Waals surface area contributed by atoms with Crippen molar-refractivity contribution in [1.82, 2.24) is 4.90 Å². The van der Waals surface area contributed by atoms with Crippen LogP contribution in [0.4, 0.5) is 5.69 Å². The third kappa shape index (κ3) is 4.41. The summed E-state index contributed by atoms with van der Waals surface area (Å²) in [5.41, 5.74) is 6.62. The molecule has 116 valence electrons. The molecule has 0 saturated carbocycles. The van der Waals surface area contributed by atoms with Crippen molar-refractivity contribution < 1.29 is 9.72 Å². The molecule has 2 atom stereocenters. The zero-order valence-electron chi connectivity index (χ0n) is 11.9. The fraction of sp³-hybridized carbons (Fsp3) is 0.500. The number of nitro benzene ring substituents is 1. The molecular formula is C14H20ClN3O3. The first-order valence-corrected chi connectivity index (χ1v) is 6.74. The Morgan fingerprint density at radius 1 is 1.52 bits per heavy atom. The van der Waals surface area contributed by atoms with Crippen LogP contribution in [0, 0.1) is 16.0 Å². The van der Waals surface area contributed by atoms with Gasteiger partial charge in [0.1, 0.15) is 0 Å². The number of halogens is 1. The molecule has 1 heterocycles. The van der Waals surface area contributed by atoms with E-state index in [1.54, 1.807) is 17.0 Å². The summed E-state index contributed by atoms with van der Waals surface area (Å²) in [6.45, 7) is 3.37. The maximum atomic E-state index is 12.2. The van der Waals surface area contributed by atoms with Crippen molar-refractivity contribution >= 4 is 24.0 Å². The van der Waals surface area contributed by atoms with Gasteiger partial charge in [-0.2, -0.15) is 0 Å². The number of likely N-dealkylation sites (tertiary alicyclic amines) is 1. The second kappa shape index (κ2) is 7.38. The Hall–Kier alpha value is -1.66. The van der Waals surface area contributed by atoms with E-state index in [-0.39, 0.29) is 42.4 Å². The molecule has 1 saturated heterocycles. The monoisotopic (exact) mass is 313 g/mol. The molecule has 0 aromatic heterocycles. The van der Waals surface area contributed by atoms with Crippen LogP contribution in [0.25, 0.3) is 0 Å². The van der Waals surface area contributed by atoms with E-state index >= 15 is 0 Å². The quantitative estimate of drug-likeness (QED) is 0.680. The van der Waals surface area contributed by atoms with Gasteiger partial charge in [0.25, 0.3) is 5.69 Å². The van der Waals surface area contributed by atoms with Crippen LogP contribution >= 0.6 is 12.4 Å². The lowest BCUT2D eigenvalue weighted by Gasteiger charge is -2.35. The Morgan fingerprint density at radius 2 is 2.24 bits per heavy atom. The second-order valence-corrected chi connectivity index (χ2v) is 5.37. The number of benzene rings is 1. The lowest BCUT2D eigenvalue weighted by molar-refractivity contribution is -0.384. The first kappa shape index (κ1) is 17.4. The Kier molecular flexibility index (Phi) is 6.11. The molecular weight excluding hydrogens is 294 g/mol. The third-order valence-electron chi connectivity index (χ3n) is 3.80. The van der Waals surface area contributed by atoms with Crippen LogP contribution in [0.15, 0.2) is 24.3 Å². The van der Waals surface area contributed by atoms with Gasteiger partial charge in [0.2, 0.25) is 5.91 Å². The molecule has 2 N–H and O–H groups in total. The molecule has 1 aromatic rings. The number of carbonyl (C=O) groups is 1. The summed E-state index contributed by atoms with van der Waals surface area (Å²) in [4.78, 5) is 24.3. The van der Waals surface area contributed by atoms with Gasteiger partial charge in [0.15, 0.2) is 0 Å². The number of rotatable bonds is 3. The van der Waals surface area contributed by atoms with E-state index in [1.807, 2.05) is 6.92 Å². The summed E-state index contributed by atoms with van der Waals surface area (Å²) in [5.74, 6) is 0.294. The van der Waals surface area contributed by atoms with Gasteiger partial charge < -0.3 is 10.6 Å². The van der Waals surface area contributed by atoms with Gasteiger partial charge in [-0.15, -0.1) is 12.4 Å². The first-order valence-electron chi connectivity index (χ1n) is 6.74. The van der Waals surface area contributed by atoms with Crippen molar-refractivity contribution in [3.63, 3.8) is 0 Å². The van der Waals surface area contributed by atoms with Gasteiger partial charge in [-0.05, 0) is 17.9 Å². The van der Waals surface area contributed by atoms with Crippen LogP contribution in [-0.2, 0) is 11.2 Å². The summed E-state index contributed by atoms with van der Waals surface area (Å²) in [5, 5.41) is 10.7. The van der Waals surface area contributed by atoms with Crippen molar-refractivity contribution in [2.75, 3.05) is 13.1 Å². The molecule has 1 aliphatic heterocycles. The minimum Gasteiger partial charge on any atom is -0.342 e. The van der Waals surface area contributed by atoms with Gasteiger partial charge in [-0.1, -0.05) is 19.1 Å². The molecule has 0 spiro atoms. The van der Waals surface area contributed by atoms with Crippen molar-refractivity contribution in [2.45, 2.75) is 25.8 Å². The lowest BCUT2D eigenvalue weighted by atomic mass is 9.94. The minimum atomic E-state index is -0.448. The number of amides is 1. The van der Waals surface area contributed by atoms with E-state index in [0.29, 0.717) is 18.7 Å². The minimum absolute atomic E-state index is 0. The maximum absolute atomic E-state index is 12.2. The average molecular weight is 314 g/mol. The summed E-state index contributed by atoms with van der Waals surface area (Å²) < 4.78 is 0. The van der Waals surface area contributed by atoms with E-state index in [9.17, 15) is 14.9 Å². The smallest absolute Gasteiger partial charge is 0.269 e. The molecule has 6 nitrogen and oxygen atoms in total. The molecule has 1 aromatic carbocycles. The predicted octanol–water partition coefficient (Wildman–Crippen LogP) is 1.75. The molecule has 21 heavy (non-hydrogen) atoms. The van der Waals surface area contributed by atoms with E-state index in [1.165, 1.54) is 12.1 Å². The first-order chi connectivity index (χ1) is 9.47. The predicted molar refractivity (Wildman–Crippen MR) is 82.4 cm³/mol. The maximum Gasteiger partial charge on any atom is 0.269 e. The SMILES string of the molecule is CC1CN(C(=O)Cc2cccc([N+](=O)[O-])c2)CCC1N.Cl. The van der Waals surface area contributed by atoms with Crippen molar-refractivity contribution in [2.24, 2.45) is 11.7 Å². The summed E-state index contributed by atoms with van der Waals surface area (Å²) in [7, 11) is 0. The number of nitro groups is 1. The zero-order valence-corrected chi connectivity index (χ0v) is 12.7. The number of nitrogens with zero attached hydrogens (tertiary/aromatic N) is 2. The van der Waals surface area contributed by atoms with Crippen molar-refractivity contribution in [1.29, 1.82) is 0 Å². The van der Waals surface area contributed by atoms with Gasteiger partial charge in [-0.25, -0.2) is 0 Å². The Morgan fingerprint density at radius 3 is 2.86 bits per heavy atom. The topological polar surface area (TPSA) is 89.5 Å². The van der Waals surface area contributed by atoms with Crippen LogP contribution in [0.3, 0.4) is 0 Å². The van der Waals surface area contributed by atoms with Gasteiger partial charge in [0.05, 0.1) is 11.3 Å². The fourth-order valence-corrected chi connectivity index (χ4v) is 2.46. The molecule has 0 bridgehead atoms. The molecule has 0 radical (unpaired) electrons. The highest BCUT2D eigenvalue weighted by molar-refractivity contribution is 5.85. The number of non-ortho nitro benzene ring substituents is 1. The molecule has 1 amide bonds. The highest BCUT2D eigenvalue weighted by Gasteiger charge is 2.26. The lowest BCUT2D eigenvalue weighted by Crippen LogP contribution is -2.48. The average Bonchev–Trinajstić information content (AvgIpc) is 2.42. The Balaban J connectivity index is 0.00000220. The number of hydrogen-bond donors (Lipinski definition) is 1. The normalized spacial score (nSPS) is 21.5. The zero-order chi connectivity index (χ0) is 14.7. The van der Waals surface area contributed by atoms with E-state index in [2.05, 4.69) is 0 Å². The van der Waals surface area contributed by atoms with Gasteiger partial charge in [-0.3, -0.25) is 14.9 Å².